The van der Waals surface area contributed by atoms with Crippen molar-refractivity contribution in [3.05, 3.63) is 65.0 Å². The van der Waals surface area contributed by atoms with Gasteiger partial charge in [0.1, 0.15) is 11.6 Å². The molecular formula is C20H18F2N2O3S2. The van der Waals surface area contributed by atoms with Crippen molar-refractivity contribution < 1.29 is 22.0 Å². The average Bonchev–Trinajstić information content (AvgIpc) is 3.10. The Morgan fingerprint density at radius 2 is 1.86 bits per heavy atom. The fourth-order valence-corrected chi connectivity index (χ4v) is 4.66. The molecule has 1 N–H and O–H groups in total. The molecule has 2 aromatic carbocycles. The highest BCUT2D eigenvalue weighted by molar-refractivity contribution is 7.91. The van der Waals surface area contributed by atoms with E-state index in [1.165, 1.54) is 6.07 Å². The fourth-order valence-electron chi connectivity index (χ4n) is 2.62. The van der Waals surface area contributed by atoms with E-state index >= 15 is 0 Å². The average molecular weight is 437 g/mol. The van der Waals surface area contributed by atoms with Gasteiger partial charge in [-0.15, -0.1) is 11.3 Å². The minimum absolute atomic E-state index is 0.00488. The van der Waals surface area contributed by atoms with E-state index in [4.69, 9.17) is 0 Å². The molecule has 0 unspecified atom stereocenters. The lowest BCUT2D eigenvalue weighted by molar-refractivity contribution is -0.116. The van der Waals surface area contributed by atoms with Gasteiger partial charge in [0.15, 0.2) is 15.0 Å². The van der Waals surface area contributed by atoms with Crippen molar-refractivity contribution in [1.82, 2.24) is 4.98 Å². The molecule has 1 heterocycles. The maximum absolute atomic E-state index is 13.8. The molecule has 0 bridgehead atoms. The summed E-state index contributed by atoms with van der Waals surface area (Å²) < 4.78 is 51.4. The summed E-state index contributed by atoms with van der Waals surface area (Å²) >= 11 is 1.10. The van der Waals surface area contributed by atoms with Gasteiger partial charge in [-0.1, -0.05) is 17.7 Å². The van der Waals surface area contributed by atoms with Crippen molar-refractivity contribution in [3.63, 3.8) is 0 Å². The SMILES string of the molecule is Cc1ccc(S(=O)(=O)CCCC(=O)Nc2nc(-c3ccc(F)cc3F)cs2)cc1. The van der Waals surface area contributed by atoms with Crippen LogP contribution >= 0.6 is 11.3 Å². The van der Waals surface area contributed by atoms with Gasteiger partial charge in [-0.3, -0.25) is 4.79 Å². The number of amides is 1. The normalized spacial score (nSPS) is 11.4. The number of hydrogen-bond donors (Lipinski definition) is 1. The van der Waals surface area contributed by atoms with Crippen LogP contribution in [0.15, 0.2) is 52.7 Å². The number of aryl methyl sites for hydroxylation is 1. The standard InChI is InChI=1S/C20H18F2N2O3S2/c1-13-4-7-15(8-5-13)29(26,27)10-2-3-19(25)24-20-23-18(12-28-20)16-9-6-14(21)11-17(16)22/h4-9,11-12H,2-3,10H2,1H3,(H,23,24,25). The summed E-state index contributed by atoms with van der Waals surface area (Å²) in [6.07, 6.45) is 0.164. The number of anilines is 1. The number of thiazole rings is 1. The molecule has 0 aliphatic carbocycles. The predicted molar refractivity (Wildman–Crippen MR) is 109 cm³/mol. The minimum Gasteiger partial charge on any atom is -0.302 e. The zero-order valence-corrected chi connectivity index (χ0v) is 17.1. The van der Waals surface area contributed by atoms with Gasteiger partial charge in [-0.05, 0) is 37.6 Å². The van der Waals surface area contributed by atoms with Gasteiger partial charge in [-0.25, -0.2) is 22.2 Å². The first-order valence-electron chi connectivity index (χ1n) is 8.75. The Labute approximate surface area is 171 Å². The third-order valence-electron chi connectivity index (χ3n) is 4.15. The van der Waals surface area contributed by atoms with E-state index in [2.05, 4.69) is 10.3 Å². The van der Waals surface area contributed by atoms with E-state index < -0.39 is 21.5 Å². The molecule has 0 aliphatic rings. The van der Waals surface area contributed by atoms with Crippen LogP contribution in [0.2, 0.25) is 0 Å². The zero-order valence-electron chi connectivity index (χ0n) is 15.5. The van der Waals surface area contributed by atoms with Crippen LogP contribution in [0, 0.1) is 18.6 Å². The second-order valence-corrected chi connectivity index (χ2v) is 9.41. The van der Waals surface area contributed by atoms with Gasteiger partial charge in [0.05, 0.1) is 16.3 Å². The first-order valence-corrected chi connectivity index (χ1v) is 11.3. The Kier molecular flexibility index (Phi) is 6.39. The molecule has 0 spiro atoms. The van der Waals surface area contributed by atoms with Crippen LogP contribution in [0.25, 0.3) is 11.3 Å². The Bertz CT molecular complexity index is 1130. The molecule has 3 rings (SSSR count). The third kappa shape index (κ3) is 5.45. The number of halogens is 2. The van der Waals surface area contributed by atoms with Crippen molar-refractivity contribution in [2.24, 2.45) is 0 Å². The molecule has 9 heteroatoms. The van der Waals surface area contributed by atoms with Gasteiger partial charge in [0, 0.05) is 23.4 Å². The Hall–Kier alpha value is -2.65. The van der Waals surface area contributed by atoms with Crippen LogP contribution in [0.3, 0.4) is 0 Å². The highest BCUT2D eigenvalue weighted by Gasteiger charge is 2.16. The summed E-state index contributed by atoms with van der Waals surface area (Å²) in [5.41, 5.74) is 1.38. The maximum Gasteiger partial charge on any atom is 0.226 e. The molecule has 0 radical (unpaired) electrons. The second-order valence-electron chi connectivity index (χ2n) is 6.45. The number of aromatic nitrogens is 1. The lowest BCUT2D eigenvalue weighted by Crippen LogP contribution is -2.14. The van der Waals surface area contributed by atoms with E-state index in [0.717, 1.165) is 29.0 Å². The van der Waals surface area contributed by atoms with E-state index in [-0.39, 0.29) is 45.8 Å². The Morgan fingerprint density at radius 3 is 2.55 bits per heavy atom. The number of hydrogen-bond acceptors (Lipinski definition) is 5. The zero-order chi connectivity index (χ0) is 21.0. The Balaban J connectivity index is 1.55. The van der Waals surface area contributed by atoms with Gasteiger partial charge in [0.2, 0.25) is 5.91 Å². The van der Waals surface area contributed by atoms with Crippen LogP contribution < -0.4 is 5.32 Å². The van der Waals surface area contributed by atoms with Gasteiger partial charge >= 0.3 is 0 Å². The summed E-state index contributed by atoms with van der Waals surface area (Å²) in [6, 6.07) is 9.73. The monoisotopic (exact) mass is 436 g/mol. The molecule has 0 saturated heterocycles. The summed E-state index contributed by atoms with van der Waals surface area (Å²) in [5, 5.41) is 4.38. The summed E-state index contributed by atoms with van der Waals surface area (Å²) in [7, 11) is -3.45. The highest BCUT2D eigenvalue weighted by Crippen LogP contribution is 2.27. The van der Waals surface area contributed by atoms with Crippen LogP contribution in [0.1, 0.15) is 18.4 Å². The molecule has 5 nitrogen and oxygen atoms in total. The van der Waals surface area contributed by atoms with Crippen molar-refractivity contribution in [2.45, 2.75) is 24.7 Å². The molecule has 152 valence electrons. The lowest BCUT2D eigenvalue weighted by Gasteiger charge is -2.05. The second kappa shape index (κ2) is 8.79. The van der Waals surface area contributed by atoms with Gasteiger partial charge < -0.3 is 5.32 Å². The minimum atomic E-state index is -3.45. The molecule has 0 aliphatic heterocycles. The summed E-state index contributed by atoms with van der Waals surface area (Å²) in [5.74, 6) is -1.96. The molecule has 0 fully saturated rings. The predicted octanol–water partition coefficient (Wildman–Crippen LogP) is 4.59. The van der Waals surface area contributed by atoms with E-state index in [9.17, 15) is 22.0 Å². The molecule has 1 amide bonds. The van der Waals surface area contributed by atoms with Crippen molar-refractivity contribution in [1.29, 1.82) is 0 Å². The summed E-state index contributed by atoms with van der Waals surface area (Å²) in [4.78, 5) is 16.4. The van der Waals surface area contributed by atoms with Crippen LogP contribution in [-0.2, 0) is 14.6 Å². The number of nitrogens with one attached hydrogen (secondary N) is 1. The van der Waals surface area contributed by atoms with Crippen molar-refractivity contribution in [3.8, 4) is 11.3 Å². The first-order chi connectivity index (χ1) is 13.7. The third-order valence-corrected chi connectivity index (χ3v) is 6.73. The molecule has 1 aromatic heterocycles. The smallest absolute Gasteiger partial charge is 0.226 e. The van der Waals surface area contributed by atoms with E-state index in [1.807, 2.05) is 6.92 Å². The van der Waals surface area contributed by atoms with Crippen LogP contribution in [0.5, 0.6) is 0 Å². The number of carbonyl (C=O) groups is 1. The van der Waals surface area contributed by atoms with Crippen LogP contribution in [0.4, 0.5) is 13.9 Å². The number of carbonyl (C=O) groups excluding carboxylic acids is 1. The number of rotatable bonds is 7. The number of nitrogens with zero attached hydrogens (tertiary/aromatic N) is 1. The first kappa shape index (κ1) is 21.1. The van der Waals surface area contributed by atoms with Crippen LogP contribution in [-0.4, -0.2) is 25.1 Å². The van der Waals surface area contributed by atoms with E-state index in [0.29, 0.717) is 0 Å². The molecule has 3 aromatic rings. The lowest BCUT2D eigenvalue weighted by atomic mass is 10.1. The van der Waals surface area contributed by atoms with Crippen molar-refractivity contribution >= 4 is 32.2 Å². The molecular weight excluding hydrogens is 418 g/mol. The molecule has 0 saturated carbocycles. The van der Waals surface area contributed by atoms with Gasteiger partial charge in [0.25, 0.3) is 0 Å². The van der Waals surface area contributed by atoms with Gasteiger partial charge in [-0.2, -0.15) is 0 Å². The number of sulfone groups is 1. The Morgan fingerprint density at radius 1 is 1.14 bits per heavy atom. The molecule has 29 heavy (non-hydrogen) atoms. The summed E-state index contributed by atoms with van der Waals surface area (Å²) in [6.45, 7) is 1.87. The molecule has 0 atom stereocenters. The maximum atomic E-state index is 13.8. The highest BCUT2D eigenvalue weighted by atomic mass is 32.2. The largest absolute Gasteiger partial charge is 0.302 e. The van der Waals surface area contributed by atoms with Crippen molar-refractivity contribution in [2.75, 3.05) is 11.1 Å². The topological polar surface area (TPSA) is 76.1 Å². The fraction of sp³-hybridized carbons (Fsp3) is 0.200. The quantitative estimate of drug-likeness (QED) is 0.588. The van der Waals surface area contributed by atoms with E-state index in [1.54, 1.807) is 29.6 Å². The number of benzene rings is 2.